The highest BCUT2D eigenvalue weighted by Crippen LogP contribution is 2.26. The lowest BCUT2D eigenvalue weighted by Gasteiger charge is -2.09. The molecule has 3 heterocycles. The number of thiophene rings is 2. The molecule has 4 rings (SSSR count). The lowest BCUT2D eigenvalue weighted by atomic mass is 10.2. The highest BCUT2D eigenvalue weighted by molar-refractivity contribution is 7.14. The number of rotatable bonds is 8. The molecule has 0 aliphatic carbocycles. The molecule has 3 aromatic heterocycles. The van der Waals surface area contributed by atoms with Gasteiger partial charge in [0.15, 0.2) is 11.9 Å². The van der Waals surface area contributed by atoms with Crippen molar-refractivity contribution in [3.05, 3.63) is 75.3 Å². The van der Waals surface area contributed by atoms with E-state index >= 15 is 0 Å². The summed E-state index contributed by atoms with van der Waals surface area (Å²) < 4.78 is 20.2. The number of carbonyl (C=O) groups is 3. The maximum atomic E-state index is 13.4. The molecule has 8 nitrogen and oxygen atoms in total. The standard InChI is InChI=1S/C23H19FN4O4S2/c1-13(20(30)18-10-9-17(34-18)12-25-14(2)29)32-23(31)21-26-22(19-4-3-11-33-19)28(27-21)16-7-5-15(24)6-8-16/h3-11,13H,12H2,1-2H3,(H,25,29). The first-order valence-corrected chi connectivity index (χ1v) is 11.9. The number of Topliss-reactive ketones (excluding diaryl/α,β-unsaturated/α-hetero) is 1. The minimum absolute atomic E-state index is 0.168. The molecule has 4 aromatic rings. The molecule has 1 unspecified atom stereocenters. The van der Waals surface area contributed by atoms with Crippen LogP contribution < -0.4 is 5.32 Å². The van der Waals surface area contributed by atoms with E-state index in [0.29, 0.717) is 22.9 Å². The van der Waals surface area contributed by atoms with Crippen LogP contribution in [0.4, 0.5) is 4.39 Å². The largest absolute Gasteiger partial charge is 0.448 e. The van der Waals surface area contributed by atoms with E-state index in [9.17, 15) is 18.8 Å². The molecule has 0 fully saturated rings. The number of halogens is 1. The summed E-state index contributed by atoms with van der Waals surface area (Å²) in [6.07, 6.45) is -1.07. The van der Waals surface area contributed by atoms with Gasteiger partial charge < -0.3 is 10.1 Å². The average molecular weight is 499 g/mol. The predicted molar refractivity (Wildman–Crippen MR) is 126 cm³/mol. The first-order valence-electron chi connectivity index (χ1n) is 10.2. The molecule has 1 atom stereocenters. The number of esters is 1. The smallest absolute Gasteiger partial charge is 0.378 e. The van der Waals surface area contributed by atoms with Crippen LogP contribution in [0.2, 0.25) is 0 Å². The molecule has 1 aromatic carbocycles. The third kappa shape index (κ3) is 5.26. The third-order valence-corrected chi connectivity index (χ3v) is 6.64. The Balaban J connectivity index is 1.52. The van der Waals surface area contributed by atoms with Crippen LogP contribution in [0.5, 0.6) is 0 Å². The first kappa shape index (κ1) is 23.5. The maximum Gasteiger partial charge on any atom is 0.378 e. The summed E-state index contributed by atoms with van der Waals surface area (Å²) in [7, 11) is 0. The van der Waals surface area contributed by atoms with Gasteiger partial charge in [-0.3, -0.25) is 9.59 Å². The molecule has 34 heavy (non-hydrogen) atoms. The van der Waals surface area contributed by atoms with Gasteiger partial charge in [-0.2, -0.15) is 4.98 Å². The van der Waals surface area contributed by atoms with Gasteiger partial charge in [0, 0.05) is 11.8 Å². The number of nitrogens with one attached hydrogen (secondary N) is 1. The molecule has 1 N–H and O–H groups in total. The minimum Gasteiger partial charge on any atom is -0.448 e. The van der Waals surface area contributed by atoms with Gasteiger partial charge in [0.05, 0.1) is 22.0 Å². The predicted octanol–water partition coefficient (Wildman–Crippen LogP) is 4.26. The number of nitrogens with zero attached hydrogens (tertiary/aromatic N) is 3. The van der Waals surface area contributed by atoms with Crippen molar-refractivity contribution in [2.45, 2.75) is 26.5 Å². The average Bonchev–Trinajstić information content (AvgIpc) is 3.58. The molecule has 0 spiro atoms. The monoisotopic (exact) mass is 498 g/mol. The van der Waals surface area contributed by atoms with E-state index in [1.54, 1.807) is 12.1 Å². The van der Waals surface area contributed by atoms with Crippen LogP contribution in [0.25, 0.3) is 16.4 Å². The number of carbonyl (C=O) groups excluding carboxylic acids is 3. The molecule has 0 aliphatic heterocycles. The molecule has 0 bridgehead atoms. The van der Waals surface area contributed by atoms with E-state index in [4.69, 9.17) is 4.74 Å². The minimum atomic E-state index is -1.07. The van der Waals surface area contributed by atoms with Crippen LogP contribution in [0, 0.1) is 5.82 Å². The van der Waals surface area contributed by atoms with Gasteiger partial charge in [0.25, 0.3) is 5.82 Å². The number of benzene rings is 1. The highest BCUT2D eigenvalue weighted by atomic mass is 32.1. The first-order chi connectivity index (χ1) is 16.3. The fourth-order valence-corrected chi connectivity index (χ4v) is 4.67. The number of amides is 1. The van der Waals surface area contributed by atoms with E-state index in [2.05, 4.69) is 15.4 Å². The zero-order valence-corrected chi connectivity index (χ0v) is 19.8. The fourth-order valence-electron chi connectivity index (χ4n) is 3.01. The third-order valence-electron chi connectivity index (χ3n) is 4.67. The van der Waals surface area contributed by atoms with Crippen LogP contribution >= 0.6 is 22.7 Å². The summed E-state index contributed by atoms with van der Waals surface area (Å²) in [4.78, 5) is 42.9. The lowest BCUT2D eigenvalue weighted by Crippen LogP contribution is -2.24. The Kier molecular flexibility index (Phi) is 6.94. The fraction of sp³-hybridized carbons (Fsp3) is 0.174. The summed E-state index contributed by atoms with van der Waals surface area (Å²) in [6.45, 7) is 3.21. The Morgan fingerprint density at radius 1 is 1.15 bits per heavy atom. The van der Waals surface area contributed by atoms with Gasteiger partial charge in [0.2, 0.25) is 11.7 Å². The normalized spacial score (nSPS) is 11.7. The zero-order chi connectivity index (χ0) is 24.2. The molecule has 174 valence electrons. The Bertz CT molecular complexity index is 1330. The lowest BCUT2D eigenvalue weighted by molar-refractivity contribution is -0.119. The van der Waals surface area contributed by atoms with Crippen molar-refractivity contribution < 1.29 is 23.5 Å². The maximum absolute atomic E-state index is 13.4. The highest BCUT2D eigenvalue weighted by Gasteiger charge is 2.26. The van der Waals surface area contributed by atoms with Gasteiger partial charge in [-0.25, -0.2) is 13.9 Å². The molecule has 0 aliphatic rings. The summed E-state index contributed by atoms with van der Waals surface area (Å²) >= 11 is 2.63. The van der Waals surface area contributed by atoms with Crippen molar-refractivity contribution in [1.82, 2.24) is 20.1 Å². The number of hydrogen-bond acceptors (Lipinski definition) is 8. The van der Waals surface area contributed by atoms with Gasteiger partial charge >= 0.3 is 5.97 Å². The van der Waals surface area contributed by atoms with E-state index in [1.165, 1.54) is 65.5 Å². The Labute approximate surface area is 202 Å². The number of ketones is 1. The molecule has 0 radical (unpaired) electrons. The van der Waals surface area contributed by atoms with Gasteiger partial charge in [-0.15, -0.1) is 27.8 Å². The van der Waals surface area contributed by atoms with Crippen molar-refractivity contribution >= 4 is 40.3 Å². The number of aromatic nitrogens is 3. The van der Waals surface area contributed by atoms with Crippen LogP contribution in [0.3, 0.4) is 0 Å². The van der Waals surface area contributed by atoms with Crippen molar-refractivity contribution in [1.29, 1.82) is 0 Å². The molecule has 0 saturated carbocycles. The second-order valence-corrected chi connectivity index (χ2v) is 9.33. The van der Waals surface area contributed by atoms with Crippen LogP contribution in [-0.4, -0.2) is 38.5 Å². The summed E-state index contributed by atoms with van der Waals surface area (Å²) in [5.41, 5.74) is 0.519. The van der Waals surface area contributed by atoms with Gasteiger partial charge in [-0.1, -0.05) is 6.07 Å². The van der Waals surface area contributed by atoms with Crippen molar-refractivity contribution in [3.63, 3.8) is 0 Å². The van der Waals surface area contributed by atoms with Crippen LogP contribution in [-0.2, 0) is 16.1 Å². The Hall–Kier alpha value is -3.70. The molecular formula is C23H19FN4O4S2. The van der Waals surface area contributed by atoms with E-state index in [-0.39, 0.29) is 17.5 Å². The summed E-state index contributed by atoms with van der Waals surface area (Å²) in [5.74, 6) is -1.61. The SMILES string of the molecule is CC(=O)NCc1ccc(C(=O)C(C)OC(=O)c2nc(-c3cccs3)n(-c3ccc(F)cc3)n2)s1. The Morgan fingerprint density at radius 3 is 2.59 bits per heavy atom. The molecular weight excluding hydrogens is 479 g/mol. The molecule has 0 saturated heterocycles. The van der Waals surface area contributed by atoms with E-state index in [0.717, 1.165) is 9.75 Å². The van der Waals surface area contributed by atoms with E-state index < -0.39 is 17.9 Å². The van der Waals surface area contributed by atoms with Crippen LogP contribution in [0.15, 0.2) is 53.9 Å². The quantitative estimate of drug-likeness (QED) is 0.288. The number of ether oxygens (including phenoxy) is 1. The molecule has 11 heteroatoms. The topological polar surface area (TPSA) is 103 Å². The Morgan fingerprint density at radius 2 is 1.91 bits per heavy atom. The summed E-state index contributed by atoms with van der Waals surface area (Å²) in [5, 5.41) is 8.79. The van der Waals surface area contributed by atoms with Crippen molar-refractivity contribution in [3.8, 4) is 16.4 Å². The van der Waals surface area contributed by atoms with Gasteiger partial charge in [0.1, 0.15) is 5.82 Å². The van der Waals surface area contributed by atoms with Crippen LogP contribution in [0.1, 0.15) is 39.0 Å². The summed E-state index contributed by atoms with van der Waals surface area (Å²) in [6, 6.07) is 12.7. The molecule has 1 amide bonds. The van der Waals surface area contributed by atoms with Crippen molar-refractivity contribution in [2.75, 3.05) is 0 Å². The van der Waals surface area contributed by atoms with E-state index in [1.807, 2.05) is 17.5 Å². The van der Waals surface area contributed by atoms with Crippen molar-refractivity contribution in [2.24, 2.45) is 0 Å². The number of hydrogen-bond donors (Lipinski definition) is 1. The zero-order valence-electron chi connectivity index (χ0n) is 18.1. The second-order valence-electron chi connectivity index (χ2n) is 7.21. The second kappa shape index (κ2) is 10.1. The van der Waals surface area contributed by atoms with Gasteiger partial charge in [-0.05, 0) is 54.8 Å².